The van der Waals surface area contributed by atoms with Gasteiger partial charge in [-0.05, 0) is 33.2 Å². The molecule has 0 aliphatic rings. The van der Waals surface area contributed by atoms with E-state index in [0.29, 0.717) is 12.0 Å². The highest BCUT2D eigenvalue weighted by atomic mass is 31.0. The third-order valence-electron chi connectivity index (χ3n) is 3.34. The number of methoxy groups -OCH3 is 1. The number of nitrogens with zero attached hydrogens (tertiary/aromatic N) is 2. The van der Waals surface area contributed by atoms with Crippen LogP contribution in [-0.4, -0.2) is 29.4 Å². The van der Waals surface area contributed by atoms with E-state index in [1.165, 1.54) is 0 Å². The van der Waals surface area contributed by atoms with E-state index in [2.05, 4.69) is 31.6 Å². The third-order valence-corrected chi connectivity index (χ3v) is 3.73. The van der Waals surface area contributed by atoms with Crippen molar-refractivity contribution in [3.63, 3.8) is 0 Å². The zero-order chi connectivity index (χ0) is 17.5. The molecule has 2 rings (SSSR count). The molecule has 2 aromatic rings. The van der Waals surface area contributed by atoms with Crippen LogP contribution < -0.4 is 15.4 Å². The lowest BCUT2D eigenvalue weighted by molar-refractivity contribution is -0.116. The molecule has 7 heteroatoms. The number of ether oxygens (including phenoxy) is 1. The normalized spacial score (nSPS) is 10.6. The molecule has 1 heterocycles. The second-order valence-electron chi connectivity index (χ2n) is 5.08. The maximum absolute atomic E-state index is 12.1. The summed E-state index contributed by atoms with van der Waals surface area (Å²) in [5.74, 6) is 1.28. The van der Waals surface area contributed by atoms with Gasteiger partial charge in [0, 0.05) is 31.4 Å². The minimum atomic E-state index is -0.221. The predicted octanol–water partition coefficient (Wildman–Crippen LogP) is 2.46. The first-order valence-corrected chi connectivity index (χ1v) is 7.85. The molecule has 1 atom stereocenters. The van der Waals surface area contributed by atoms with Gasteiger partial charge in [0.25, 0.3) is 5.91 Å². The second kappa shape index (κ2) is 8.31. The zero-order valence-corrected chi connectivity index (χ0v) is 14.9. The number of benzene rings is 1. The number of hydrogen-bond donors (Lipinski definition) is 2. The Labute approximate surface area is 143 Å². The Morgan fingerprint density at radius 2 is 2.12 bits per heavy atom. The molecule has 0 radical (unpaired) electrons. The van der Waals surface area contributed by atoms with Gasteiger partial charge in [0.05, 0.1) is 12.8 Å². The topological polar surface area (TPSA) is 68.2 Å². The van der Waals surface area contributed by atoms with Crippen molar-refractivity contribution in [1.29, 1.82) is 0 Å². The summed E-state index contributed by atoms with van der Waals surface area (Å²) >= 11 is 0. The van der Waals surface area contributed by atoms with Crippen molar-refractivity contribution >= 4 is 27.3 Å². The first-order valence-electron chi connectivity index (χ1n) is 7.34. The Hall–Kier alpha value is -2.59. The standard InChI is InChI=1S/C17H21N4O2P/c1-12(10-13-4-6-15(23-3)7-5-13)16(22)19-9-8-14-11-21(24)17(18-2)20-14/h4-9,11H,1,10,24H2,2-3H3,(H,18,20)(H,19,22)/b9-8-. The van der Waals surface area contributed by atoms with Gasteiger partial charge in [-0.3, -0.25) is 4.79 Å². The second-order valence-corrected chi connectivity index (χ2v) is 5.64. The van der Waals surface area contributed by atoms with E-state index < -0.39 is 0 Å². The summed E-state index contributed by atoms with van der Waals surface area (Å²) in [6, 6.07) is 7.55. The Morgan fingerprint density at radius 1 is 1.42 bits per heavy atom. The van der Waals surface area contributed by atoms with E-state index in [-0.39, 0.29) is 5.91 Å². The molecule has 6 nitrogen and oxygen atoms in total. The summed E-state index contributed by atoms with van der Waals surface area (Å²) in [4.78, 5) is 16.4. The number of hydrogen-bond acceptors (Lipinski definition) is 4. The van der Waals surface area contributed by atoms with Crippen molar-refractivity contribution in [2.45, 2.75) is 6.42 Å². The van der Waals surface area contributed by atoms with Gasteiger partial charge in [0.1, 0.15) is 5.75 Å². The van der Waals surface area contributed by atoms with Crippen LogP contribution in [0.5, 0.6) is 5.75 Å². The summed E-state index contributed by atoms with van der Waals surface area (Å²) < 4.78 is 6.89. The molecule has 0 saturated carbocycles. The van der Waals surface area contributed by atoms with E-state index >= 15 is 0 Å². The Morgan fingerprint density at radius 3 is 2.71 bits per heavy atom. The summed E-state index contributed by atoms with van der Waals surface area (Å²) in [5, 5.41) is 5.66. The van der Waals surface area contributed by atoms with Crippen molar-refractivity contribution < 1.29 is 9.53 Å². The molecule has 1 unspecified atom stereocenters. The quantitative estimate of drug-likeness (QED) is 0.598. The monoisotopic (exact) mass is 344 g/mol. The lowest BCUT2D eigenvalue weighted by Crippen LogP contribution is -2.19. The fraction of sp³-hybridized carbons (Fsp3) is 0.176. The van der Waals surface area contributed by atoms with E-state index in [9.17, 15) is 4.79 Å². The van der Waals surface area contributed by atoms with Crippen LogP contribution >= 0.6 is 9.39 Å². The molecular weight excluding hydrogens is 323 g/mol. The molecule has 0 bridgehead atoms. The van der Waals surface area contributed by atoms with Gasteiger partial charge in [-0.1, -0.05) is 18.7 Å². The van der Waals surface area contributed by atoms with Crippen LogP contribution in [0.4, 0.5) is 5.95 Å². The average molecular weight is 344 g/mol. The number of carbonyl (C=O) groups excluding carboxylic acids is 1. The van der Waals surface area contributed by atoms with Gasteiger partial charge in [0.2, 0.25) is 5.95 Å². The molecule has 1 aromatic carbocycles. The summed E-state index contributed by atoms with van der Waals surface area (Å²) in [6.45, 7) is 3.84. The number of imidazole rings is 1. The van der Waals surface area contributed by atoms with Crippen molar-refractivity contribution in [3.8, 4) is 5.75 Å². The molecule has 24 heavy (non-hydrogen) atoms. The molecule has 0 spiro atoms. The highest BCUT2D eigenvalue weighted by molar-refractivity contribution is 7.14. The first kappa shape index (κ1) is 17.8. The van der Waals surface area contributed by atoms with Gasteiger partial charge < -0.3 is 19.7 Å². The van der Waals surface area contributed by atoms with Gasteiger partial charge in [-0.25, -0.2) is 4.98 Å². The SMILES string of the molecule is C=C(Cc1ccc(OC)cc1)C(=O)N/C=C\c1cn(P)c(NC)n1. The largest absolute Gasteiger partial charge is 0.497 e. The lowest BCUT2D eigenvalue weighted by Gasteiger charge is -2.06. The van der Waals surface area contributed by atoms with Gasteiger partial charge >= 0.3 is 0 Å². The molecule has 2 N–H and O–H groups in total. The van der Waals surface area contributed by atoms with Gasteiger partial charge in [-0.2, -0.15) is 0 Å². The molecule has 0 fully saturated rings. The number of carbonyl (C=O) groups is 1. The van der Waals surface area contributed by atoms with Crippen LogP contribution in [0.2, 0.25) is 0 Å². The molecular formula is C17H21N4O2P. The van der Waals surface area contributed by atoms with Crippen molar-refractivity contribution in [2.24, 2.45) is 0 Å². The van der Waals surface area contributed by atoms with Gasteiger partial charge in [-0.15, -0.1) is 0 Å². The Bertz CT molecular complexity index is 750. The molecule has 0 aliphatic carbocycles. The zero-order valence-electron chi connectivity index (χ0n) is 13.7. The molecule has 126 valence electrons. The maximum Gasteiger partial charge on any atom is 0.250 e. The van der Waals surface area contributed by atoms with Crippen LogP contribution in [-0.2, 0) is 11.2 Å². The fourth-order valence-corrected chi connectivity index (χ4v) is 2.39. The highest BCUT2D eigenvalue weighted by Crippen LogP contribution is 2.14. The van der Waals surface area contributed by atoms with Crippen molar-refractivity contribution in [3.05, 3.63) is 60.1 Å². The number of aromatic nitrogens is 2. The highest BCUT2D eigenvalue weighted by Gasteiger charge is 2.07. The van der Waals surface area contributed by atoms with Crippen molar-refractivity contribution in [1.82, 2.24) is 14.6 Å². The number of amides is 1. The minimum absolute atomic E-state index is 0.221. The predicted molar refractivity (Wildman–Crippen MR) is 99.9 cm³/mol. The van der Waals surface area contributed by atoms with Crippen LogP contribution in [0, 0.1) is 0 Å². The van der Waals surface area contributed by atoms with Crippen LogP contribution in [0.25, 0.3) is 6.08 Å². The molecule has 0 aliphatic heterocycles. The maximum atomic E-state index is 12.1. The van der Waals surface area contributed by atoms with Gasteiger partial charge in [0.15, 0.2) is 0 Å². The minimum Gasteiger partial charge on any atom is -0.497 e. The number of anilines is 1. The average Bonchev–Trinajstić information content (AvgIpc) is 2.95. The lowest BCUT2D eigenvalue weighted by atomic mass is 10.1. The summed E-state index contributed by atoms with van der Waals surface area (Å²) in [5.41, 5.74) is 2.22. The molecule has 1 amide bonds. The van der Waals surface area contributed by atoms with Crippen LogP contribution in [0.15, 0.2) is 48.8 Å². The summed E-state index contributed by atoms with van der Waals surface area (Å²) in [6.07, 6.45) is 5.59. The number of rotatable bonds is 7. The molecule has 1 aromatic heterocycles. The third kappa shape index (κ3) is 4.70. The molecule has 0 saturated heterocycles. The smallest absolute Gasteiger partial charge is 0.250 e. The van der Waals surface area contributed by atoms with E-state index in [4.69, 9.17) is 4.74 Å². The summed E-state index contributed by atoms with van der Waals surface area (Å²) in [7, 11) is 5.94. The van der Waals surface area contributed by atoms with Crippen molar-refractivity contribution in [2.75, 3.05) is 19.5 Å². The van der Waals surface area contributed by atoms with E-state index in [0.717, 1.165) is 23.0 Å². The van der Waals surface area contributed by atoms with E-state index in [1.54, 1.807) is 30.8 Å². The Kier molecular flexibility index (Phi) is 6.15. The van der Waals surface area contributed by atoms with E-state index in [1.807, 2.05) is 30.5 Å². The number of nitrogens with one attached hydrogen (secondary N) is 2. The fourth-order valence-electron chi connectivity index (χ4n) is 2.05. The van der Waals surface area contributed by atoms with Crippen LogP contribution in [0.1, 0.15) is 11.3 Å². The Balaban J connectivity index is 1.88. The first-order chi connectivity index (χ1) is 11.5. The van der Waals surface area contributed by atoms with Crippen LogP contribution in [0.3, 0.4) is 0 Å².